The molecule has 5 nitrogen and oxygen atoms in total. The topological polar surface area (TPSA) is 51.1 Å². The Bertz CT molecular complexity index is 832. The molecule has 0 N–H and O–H groups in total. The summed E-state index contributed by atoms with van der Waals surface area (Å²) in [6, 6.07) is 9.98. The average molecular weight is 348 g/mol. The highest BCUT2D eigenvalue weighted by Gasteiger charge is 2.15. The van der Waals surface area contributed by atoms with Crippen molar-refractivity contribution in [1.29, 1.82) is 0 Å². The Morgan fingerprint density at radius 2 is 2.04 bits per heavy atom. The summed E-state index contributed by atoms with van der Waals surface area (Å²) in [5.41, 5.74) is 1.90. The third-order valence-electron chi connectivity index (χ3n) is 4.16. The van der Waals surface area contributed by atoms with Crippen LogP contribution in [0.5, 0.6) is 5.75 Å². The molecule has 0 spiro atoms. The second-order valence-corrected chi connectivity index (χ2v) is 6.33. The number of allylic oxidation sites excluding steroid dienone is 1. The summed E-state index contributed by atoms with van der Waals surface area (Å²) in [5.74, 6) is 0.873. The number of aromatic nitrogens is 3. The number of hydrogen-bond donors (Lipinski definition) is 0. The molecule has 0 unspecified atom stereocenters. The van der Waals surface area contributed by atoms with Gasteiger partial charge in [0, 0.05) is 43.3 Å². The Labute approximate surface area is 154 Å². The highest BCUT2D eigenvalue weighted by Crippen LogP contribution is 2.25. The largest absolute Gasteiger partial charge is 0.488 e. The Morgan fingerprint density at radius 3 is 2.85 bits per heavy atom. The molecule has 0 amide bonds. The maximum Gasteiger partial charge on any atom is 0.130 e. The van der Waals surface area contributed by atoms with E-state index in [0.717, 1.165) is 48.3 Å². The molecule has 3 rings (SSSR count). The van der Waals surface area contributed by atoms with Gasteiger partial charge >= 0.3 is 0 Å². The van der Waals surface area contributed by atoms with E-state index >= 15 is 0 Å². The lowest BCUT2D eigenvalue weighted by Crippen LogP contribution is -2.33. The molecule has 3 aromatic rings. The van der Waals surface area contributed by atoms with E-state index < -0.39 is 0 Å². The second kappa shape index (κ2) is 9.06. The van der Waals surface area contributed by atoms with Crippen molar-refractivity contribution >= 4 is 10.9 Å². The first kappa shape index (κ1) is 18.0. The molecule has 26 heavy (non-hydrogen) atoms. The molecule has 0 saturated heterocycles. The Hall–Kier alpha value is -2.79. The minimum absolute atomic E-state index is 0.0560. The van der Waals surface area contributed by atoms with Gasteiger partial charge in [-0.1, -0.05) is 18.2 Å². The Morgan fingerprint density at radius 1 is 1.15 bits per heavy atom. The first-order chi connectivity index (χ1) is 12.8. The minimum Gasteiger partial charge on any atom is -0.488 e. The van der Waals surface area contributed by atoms with Gasteiger partial charge in [-0.2, -0.15) is 0 Å². The van der Waals surface area contributed by atoms with Gasteiger partial charge in [0.05, 0.1) is 11.2 Å². The van der Waals surface area contributed by atoms with Crippen LogP contribution in [-0.4, -0.2) is 39.5 Å². The van der Waals surface area contributed by atoms with E-state index in [2.05, 4.69) is 33.5 Å². The summed E-state index contributed by atoms with van der Waals surface area (Å²) < 4.78 is 6.37. The lowest BCUT2D eigenvalue weighted by molar-refractivity contribution is 0.138. The van der Waals surface area contributed by atoms with Gasteiger partial charge in [0.2, 0.25) is 0 Å². The van der Waals surface area contributed by atoms with Gasteiger partial charge in [-0.15, -0.1) is 6.58 Å². The van der Waals surface area contributed by atoms with Crippen LogP contribution in [0.25, 0.3) is 10.9 Å². The smallest absolute Gasteiger partial charge is 0.130 e. The lowest BCUT2D eigenvalue weighted by Gasteiger charge is -2.25. The molecular formula is C21H24N4O. The average Bonchev–Trinajstić information content (AvgIpc) is 2.67. The maximum absolute atomic E-state index is 6.37. The van der Waals surface area contributed by atoms with Crippen molar-refractivity contribution in [3.8, 4) is 5.75 Å². The molecule has 134 valence electrons. The fourth-order valence-corrected chi connectivity index (χ4v) is 2.94. The van der Waals surface area contributed by atoms with Crippen LogP contribution in [0.15, 0.2) is 67.8 Å². The van der Waals surface area contributed by atoms with Crippen molar-refractivity contribution in [2.24, 2.45) is 0 Å². The molecule has 0 saturated carbocycles. The van der Waals surface area contributed by atoms with Crippen LogP contribution in [-0.2, 0) is 6.54 Å². The number of rotatable bonds is 9. The van der Waals surface area contributed by atoms with Crippen molar-refractivity contribution in [1.82, 2.24) is 19.9 Å². The number of likely N-dealkylation sites (N-methyl/N-ethyl adjacent to an activating group) is 1. The van der Waals surface area contributed by atoms with Crippen LogP contribution >= 0.6 is 0 Å². The molecule has 0 aliphatic rings. The number of ether oxygens (including phenoxy) is 1. The molecule has 2 aromatic heterocycles. The van der Waals surface area contributed by atoms with Crippen molar-refractivity contribution in [3.05, 3.63) is 73.5 Å². The molecule has 2 heterocycles. The third kappa shape index (κ3) is 4.86. The van der Waals surface area contributed by atoms with Gasteiger partial charge in [-0.25, -0.2) is 0 Å². The quantitative estimate of drug-likeness (QED) is 0.550. The molecule has 5 heteroatoms. The first-order valence-electron chi connectivity index (χ1n) is 8.81. The summed E-state index contributed by atoms with van der Waals surface area (Å²) >= 11 is 0. The SMILES string of the molecule is C=CCC[C@@H](CN(C)Cc1cnccn1)Oc1ccnc2ccccc12. The third-order valence-corrected chi connectivity index (χ3v) is 4.16. The van der Waals surface area contributed by atoms with E-state index in [1.165, 1.54) is 0 Å². The molecule has 1 aromatic carbocycles. The van der Waals surface area contributed by atoms with Crippen molar-refractivity contribution in [2.75, 3.05) is 13.6 Å². The predicted molar refractivity (Wildman–Crippen MR) is 104 cm³/mol. The zero-order valence-corrected chi connectivity index (χ0v) is 15.1. The Kier molecular flexibility index (Phi) is 6.28. The summed E-state index contributed by atoms with van der Waals surface area (Å²) in [6.07, 6.45) is 10.8. The maximum atomic E-state index is 6.37. The highest BCUT2D eigenvalue weighted by atomic mass is 16.5. The normalized spacial score (nSPS) is 12.2. The molecule has 0 fully saturated rings. The molecule has 0 bridgehead atoms. The van der Waals surface area contributed by atoms with Crippen molar-refractivity contribution in [3.63, 3.8) is 0 Å². The van der Waals surface area contributed by atoms with Crippen molar-refractivity contribution < 1.29 is 4.74 Å². The number of hydrogen-bond acceptors (Lipinski definition) is 5. The number of nitrogens with zero attached hydrogens (tertiary/aromatic N) is 4. The van der Waals surface area contributed by atoms with E-state index in [-0.39, 0.29) is 6.10 Å². The van der Waals surface area contributed by atoms with Gasteiger partial charge in [0.15, 0.2) is 0 Å². The summed E-state index contributed by atoms with van der Waals surface area (Å²) in [6.45, 7) is 5.37. The molecule has 0 aliphatic carbocycles. The van der Waals surface area contributed by atoms with Crippen LogP contribution in [0.2, 0.25) is 0 Å². The Balaban J connectivity index is 1.71. The molecular weight excluding hydrogens is 324 g/mol. The molecule has 0 radical (unpaired) electrons. The van der Waals surface area contributed by atoms with Crippen LogP contribution in [0.3, 0.4) is 0 Å². The number of benzene rings is 1. The fraction of sp³-hybridized carbons (Fsp3) is 0.286. The van der Waals surface area contributed by atoms with Gasteiger partial charge < -0.3 is 4.74 Å². The van der Waals surface area contributed by atoms with Crippen LogP contribution in [0, 0.1) is 0 Å². The first-order valence-corrected chi connectivity index (χ1v) is 8.81. The number of pyridine rings is 1. The second-order valence-electron chi connectivity index (χ2n) is 6.33. The van der Waals surface area contributed by atoms with Gasteiger partial charge in [-0.05, 0) is 38.1 Å². The summed E-state index contributed by atoms with van der Waals surface area (Å²) in [5, 5.41) is 1.04. The van der Waals surface area contributed by atoms with Crippen LogP contribution in [0.4, 0.5) is 0 Å². The van der Waals surface area contributed by atoms with E-state index in [9.17, 15) is 0 Å². The van der Waals surface area contributed by atoms with E-state index in [0.29, 0.717) is 0 Å². The van der Waals surface area contributed by atoms with Gasteiger partial charge in [0.25, 0.3) is 0 Å². The predicted octanol–water partition coefficient (Wildman–Crippen LogP) is 3.87. The van der Waals surface area contributed by atoms with Gasteiger partial charge in [-0.3, -0.25) is 19.9 Å². The monoisotopic (exact) mass is 348 g/mol. The van der Waals surface area contributed by atoms with E-state index in [4.69, 9.17) is 4.74 Å². The van der Waals surface area contributed by atoms with Crippen LogP contribution < -0.4 is 4.74 Å². The highest BCUT2D eigenvalue weighted by molar-refractivity contribution is 5.84. The number of para-hydroxylation sites is 1. The van der Waals surface area contributed by atoms with E-state index in [1.807, 2.05) is 36.4 Å². The zero-order valence-electron chi connectivity index (χ0n) is 15.1. The lowest BCUT2D eigenvalue weighted by atomic mass is 10.1. The van der Waals surface area contributed by atoms with Crippen LogP contribution in [0.1, 0.15) is 18.5 Å². The summed E-state index contributed by atoms with van der Waals surface area (Å²) in [7, 11) is 2.07. The molecule has 1 atom stereocenters. The minimum atomic E-state index is 0.0560. The summed E-state index contributed by atoms with van der Waals surface area (Å²) in [4.78, 5) is 15.1. The zero-order chi connectivity index (χ0) is 18.2. The standard InChI is InChI=1S/C21H24N4O/c1-3-4-7-18(16-25(2)15-17-14-22-12-13-23-17)26-21-10-11-24-20-9-6-5-8-19(20)21/h3,5-6,8-14,18H,1,4,7,15-16H2,2H3/t18-/m0/s1. The number of fused-ring (bicyclic) bond motifs is 1. The van der Waals surface area contributed by atoms with Crippen molar-refractivity contribution in [2.45, 2.75) is 25.5 Å². The van der Waals surface area contributed by atoms with Gasteiger partial charge in [0.1, 0.15) is 11.9 Å². The molecule has 0 aliphatic heterocycles. The van der Waals surface area contributed by atoms with E-state index in [1.54, 1.807) is 24.8 Å². The fourth-order valence-electron chi connectivity index (χ4n) is 2.94.